The molecule has 0 aliphatic heterocycles. The van der Waals surface area contributed by atoms with Gasteiger partial charge in [0.15, 0.2) is 6.20 Å². The van der Waals surface area contributed by atoms with E-state index in [0.29, 0.717) is 4.73 Å². The largest absolute Gasteiger partial charge is 0.753 e. The Labute approximate surface area is 63.4 Å². The van der Waals surface area contributed by atoms with Crippen molar-refractivity contribution in [1.29, 1.82) is 0 Å². The van der Waals surface area contributed by atoms with E-state index in [0.717, 1.165) is 0 Å². The summed E-state index contributed by atoms with van der Waals surface area (Å²) in [7, 11) is -2.76. The predicted octanol–water partition coefficient (Wildman–Crippen LogP) is 0.348. The molecule has 0 aliphatic carbocycles. The minimum absolute atomic E-state index is 0.184. The summed E-state index contributed by atoms with van der Waals surface area (Å²) in [6, 6.07) is 4.32. The zero-order valence-corrected chi connectivity index (χ0v) is 6.27. The van der Waals surface area contributed by atoms with Crippen molar-refractivity contribution in [2.75, 3.05) is 0 Å². The second-order valence-corrected chi connectivity index (χ2v) is 2.35. The van der Waals surface area contributed by atoms with Gasteiger partial charge in [-0.1, -0.05) is 0 Å². The summed E-state index contributed by atoms with van der Waals surface area (Å²) < 4.78 is 14.7. The van der Waals surface area contributed by atoms with E-state index in [9.17, 15) is 9.77 Å². The van der Waals surface area contributed by atoms with Crippen molar-refractivity contribution in [1.82, 2.24) is 0 Å². The molecule has 0 aromatic carbocycles. The molecule has 1 atom stereocenters. The zero-order valence-electron chi connectivity index (χ0n) is 5.38. The van der Waals surface area contributed by atoms with Gasteiger partial charge >= 0.3 is 14.1 Å². The summed E-state index contributed by atoms with van der Waals surface area (Å²) in [5.41, 5.74) is 0. The molecule has 1 heterocycles. The molecule has 5 nitrogen and oxygen atoms in total. The van der Waals surface area contributed by atoms with Gasteiger partial charge in [0, 0.05) is 10.6 Å². The third-order valence-corrected chi connectivity index (χ3v) is 1.30. The van der Waals surface area contributed by atoms with Crippen LogP contribution in [0.2, 0.25) is 0 Å². The molecule has 6 heteroatoms. The average molecular weight is 174 g/mol. The van der Waals surface area contributed by atoms with E-state index >= 15 is 0 Å². The Bertz CT molecular complexity index is 277. The van der Waals surface area contributed by atoms with Gasteiger partial charge < -0.3 is 5.21 Å². The van der Waals surface area contributed by atoms with Gasteiger partial charge in [-0.05, 0) is 6.07 Å². The molecule has 1 rings (SSSR count). The normalized spacial score (nSPS) is 10.8. The number of pyridine rings is 1. The molecule has 0 fully saturated rings. The van der Waals surface area contributed by atoms with Crippen LogP contribution in [-0.2, 0) is 4.57 Å². The fourth-order valence-electron chi connectivity index (χ4n) is 0.563. The maximum atomic E-state index is 10.7. The maximum absolute atomic E-state index is 10.7. The molecule has 1 N–H and O–H groups in total. The first-order valence-electron chi connectivity index (χ1n) is 2.72. The highest BCUT2D eigenvalue weighted by Crippen LogP contribution is 2.17. The Balaban J connectivity index is 2.86. The fourth-order valence-corrected chi connectivity index (χ4v) is 0.865. The van der Waals surface area contributed by atoms with Gasteiger partial charge in [0.25, 0.3) is 0 Å². The van der Waals surface area contributed by atoms with Crippen molar-refractivity contribution in [3.8, 4) is 5.88 Å². The molecule has 58 valence electrons. The van der Waals surface area contributed by atoms with Crippen LogP contribution in [0.15, 0.2) is 24.4 Å². The molecular formula is C5H5NO4P+. The lowest BCUT2D eigenvalue weighted by atomic mass is 10.5. The second kappa shape index (κ2) is 3.27. The van der Waals surface area contributed by atoms with E-state index in [1.54, 1.807) is 0 Å². The smallest absolute Gasteiger partial charge is 0.616 e. The first-order valence-corrected chi connectivity index (χ1v) is 3.85. The molecule has 1 unspecified atom stereocenters. The highest BCUT2D eigenvalue weighted by Gasteiger charge is 2.20. The van der Waals surface area contributed by atoms with Gasteiger partial charge in [-0.3, -0.25) is 0 Å². The Morgan fingerprint density at radius 3 is 2.91 bits per heavy atom. The van der Waals surface area contributed by atoms with Gasteiger partial charge in [0.05, 0.1) is 6.07 Å². The van der Waals surface area contributed by atoms with E-state index in [1.807, 2.05) is 0 Å². The molecule has 1 aromatic heterocycles. The molecular weight excluding hydrogens is 169 g/mol. The first-order chi connectivity index (χ1) is 5.20. The topological polar surface area (TPSA) is 73.5 Å². The zero-order chi connectivity index (χ0) is 8.27. The molecule has 0 radical (unpaired) electrons. The number of hydrogen-bond donors (Lipinski definition) is 1. The average Bonchev–Trinajstić information content (AvgIpc) is 1.93. The van der Waals surface area contributed by atoms with Crippen LogP contribution in [0.5, 0.6) is 5.88 Å². The molecule has 0 saturated carbocycles. The lowest BCUT2D eigenvalue weighted by Crippen LogP contribution is -2.26. The molecule has 0 saturated heterocycles. The quantitative estimate of drug-likeness (QED) is 0.398. The molecule has 0 spiro atoms. The number of aromatic nitrogens is 1. The van der Waals surface area contributed by atoms with E-state index in [-0.39, 0.29) is 5.88 Å². The minimum atomic E-state index is -2.76. The van der Waals surface area contributed by atoms with E-state index in [1.165, 1.54) is 24.4 Å². The molecule has 0 bridgehead atoms. The summed E-state index contributed by atoms with van der Waals surface area (Å²) in [5.74, 6) is -0.184. The summed E-state index contributed by atoms with van der Waals surface area (Å²) in [5, 5.41) is 10.7. The molecule has 0 amide bonds. The minimum Gasteiger partial charge on any atom is -0.616 e. The number of nitrogens with zero attached hydrogens (tertiary/aromatic N) is 1. The van der Waals surface area contributed by atoms with Gasteiger partial charge in [0.2, 0.25) is 0 Å². The van der Waals surface area contributed by atoms with Crippen molar-refractivity contribution in [3.05, 3.63) is 29.6 Å². The summed E-state index contributed by atoms with van der Waals surface area (Å²) in [4.78, 5) is 8.27. The SMILES string of the molecule is O=[P+](O)Oc1cccc[n+]1[O-]. The van der Waals surface area contributed by atoms with Crippen molar-refractivity contribution >= 4 is 8.25 Å². The van der Waals surface area contributed by atoms with Crippen LogP contribution in [0.3, 0.4) is 0 Å². The van der Waals surface area contributed by atoms with Crippen LogP contribution in [0.4, 0.5) is 0 Å². The monoisotopic (exact) mass is 174 g/mol. The van der Waals surface area contributed by atoms with E-state index in [2.05, 4.69) is 4.52 Å². The van der Waals surface area contributed by atoms with Crippen LogP contribution in [-0.4, -0.2) is 4.89 Å². The highest BCUT2D eigenvalue weighted by atomic mass is 31.1. The van der Waals surface area contributed by atoms with Crippen molar-refractivity contribution in [3.63, 3.8) is 0 Å². The summed E-state index contributed by atoms with van der Waals surface area (Å²) >= 11 is 0. The molecule has 11 heavy (non-hydrogen) atoms. The Kier molecular flexibility index (Phi) is 2.36. The number of hydrogen-bond acceptors (Lipinski definition) is 3. The first kappa shape index (κ1) is 7.91. The number of rotatable bonds is 2. The standard InChI is InChI=1S/C5H4NO4P/c7-6-4-2-1-3-5(6)10-11(8)9/h1-4H/p+1. The van der Waals surface area contributed by atoms with E-state index < -0.39 is 8.25 Å². The fraction of sp³-hybridized carbons (Fsp3) is 0. The van der Waals surface area contributed by atoms with E-state index in [4.69, 9.17) is 4.89 Å². The Morgan fingerprint density at radius 2 is 2.36 bits per heavy atom. The third-order valence-electron chi connectivity index (χ3n) is 0.960. The highest BCUT2D eigenvalue weighted by molar-refractivity contribution is 7.32. The van der Waals surface area contributed by atoms with Gasteiger partial charge in [-0.2, -0.15) is 4.52 Å². The van der Waals surface area contributed by atoms with Crippen molar-refractivity contribution in [2.24, 2.45) is 0 Å². The lowest BCUT2D eigenvalue weighted by molar-refractivity contribution is -0.609. The van der Waals surface area contributed by atoms with Crippen LogP contribution < -0.4 is 9.25 Å². The molecule has 1 aromatic rings. The maximum Gasteiger partial charge on any atom is 0.753 e. The third kappa shape index (κ3) is 2.14. The summed E-state index contributed by atoms with van der Waals surface area (Å²) in [6.07, 6.45) is 1.17. The Morgan fingerprint density at radius 1 is 1.64 bits per heavy atom. The van der Waals surface area contributed by atoms with Crippen LogP contribution >= 0.6 is 8.25 Å². The van der Waals surface area contributed by atoms with Crippen LogP contribution in [0.1, 0.15) is 0 Å². The second-order valence-electron chi connectivity index (χ2n) is 1.69. The predicted molar refractivity (Wildman–Crippen MR) is 35.9 cm³/mol. The Hall–Kier alpha value is -1.19. The van der Waals surface area contributed by atoms with Gasteiger partial charge in [-0.15, -0.1) is 9.62 Å². The van der Waals surface area contributed by atoms with Crippen molar-refractivity contribution in [2.45, 2.75) is 0 Å². The molecule has 0 aliphatic rings. The van der Waals surface area contributed by atoms with Gasteiger partial charge in [-0.25, -0.2) is 0 Å². The summed E-state index contributed by atoms with van der Waals surface area (Å²) in [6.45, 7) is 0. The lowest BCUT2D eigenvalue weighted by Gasteiger charge is -1.94. The van der Waals surface area contributed by atoms with Crippen LogP contribution in [0, 0.1) is 5.21 Å². The van der Waals surface area contributed by atoms with Crippen LogP contribution in [0.25, 0.3) is 0 Å². The van der Waals surface area contributed by atoms with Gasteiger partial charge in [0.1, 0.15) is 0 Å². The van der Waals surface area contributed by atoms with Crippen molar-refractivity contribution < 1.29 is 18.7 Å².